The van der Waals surface area contributed by atoms with Gasteiger partial charge in [-0.3, -0.25) is 9.59 Å². The van der Waals surface area contributed by atoms with E-state index in [0.717, 1.165) is 120 Å². The van der Waals surface area contributed by atoms with Gasteiger partial charge >= 0.3 is 0 Å². The van der Waals surface area contributed by atoms with Gasteiger partial charge in [0, 0.05) is 61.9 Å². The molecule has 8 heteroatoms. The molecule has 272 valence electrons. The standard InChI is InChI=1S/C46H42N4O4/c1-23(51)47-41-31-13-7-17-49-19-15-29-27-11-5-3-9-25(27)21-33(35(29)43(31)49)37(41)39-45(53)40(46(39)54)38-34-22-26-10-4-6-12-28(26)30-16-20-50-18-8-14-32(44(50)36(30)34)42(38)48-24(2)52/h3-6,9-12,21-22,39-40,45-46H,7-8,13-20H2,1-2H3,(H,47,51)(H,48,52)/q-2. The number of carbonyl (C=O) groups is 2. The van der Waals surface area contributed by atoms with E-state index in [2.05, 4.69) is 69.0 Å². The monoisotopic (exact) mass is 714 g/mol. The van der Waals surface area contributed by atoms with Crippen LogP contribution in [0.2, 0.25) is 0 Å². The van der Waals surface area contributed by atoms with E-state index in [4.69, 9.17) is 0 Å². The molecule has 0 saturated heterocycles. The SMILES string of the molecule is CC(=O)Nc1c2c3c4c(c5ccccc5cc4c1C1C([O-])C(c4c(NC(C)=O)c5c6c7c(c8ccccc8cc47)CCN6CCC5)C1[O-])CCN3CCC2. The normalized spacial score (nSPS) is 22.5. The van der Waals surface area contributed by atoms with Crippen molar-refractivity contribution in [2.24, 2.45) is 0 Å². The molecule has 8 nitrogen and oxygen atoms in total. The van der Waals surface area contributed by atoms with Crippen molar-refractivity contribution in [3.63, 3.8) is 0 Å². The highest BCUT2D eigenvalue weighted by Gasteiger charge is 2.45. The summed E-state index contributed by atoms with van der Waals surface area (Å²) < 4.78 is 0. The van der Waals surface area contributed by atoms with Crippen molar-refractivity contribution in [2.45, 2.75) is 76.4 Å². The molecule has 0 aromatic heterocycles. The van der Waals surface area contributed by atoms with Gasteiger partial charge in [0.05, 0.1) is 22.7 Å². The summed E-state index contributed by atoms with van der Waals surface area (Å²) >= 11 is 0. The largest absolute Gasteiger partial charge is 0.851 e. The molecular weight excluding hydrogens is 673 g/mol. The van der Waals surface area contributed by atoms with Crippen LogP contribution in [0.4, 0.5) is 22.7 Å². The van der Waals surface area contributed by atoms with Crippen LogP contribution < -0.4 is 30.6 Å². The van der Waals surface area contributed by atoms with Crippen molar-refractivity contribution in [3.8, 4) is 0 Å². The first-order valence-corrected chi connectivity index (χ1v) is 19.7. The van der Waals surface area contributed by atoms with Crippen molar-refractivity contribution in [1.29, 1.82) is 0 Å². The van der Waals surface area contributed by atoms with E-state index in [1.54, 1.807) is 0 Å². The Hall–Kier alpha value is -5.18. The number of hydrogen-bond acceptors (Lipinski definition) is 6. The molecule has 0 bridgehead atoms. The molecule has 2 N–H and O–H groups in total. The Morgan fingerprint density at radius 3 is 1.43 bits per heavy atom. The van der Waals surface area contributed by atoms with E-state index >= 15 is 10.2 Å². The Morgan fingerprint density at radius 1 is 0.574 bits per heavy atom. The van der Waals surface area contributed by atoms with Gasteiger partial charge in [0.25, 0.3) is 0 Å². The Morgan fingerprint density at radius 2 is 1.00 bits per heavy atom. The van der Waals surface area contributed by atoms with Crippen LogP contribution in [0.25, 0.3) is 43.1 Å². The van der Waals surface area contributed by atoms with E-state index in [9.17, 15) is 9.59 Å². The van der Waals surface area contributed by atoms with Gasteiger partial charge in [-0.1, -0.05) is 48.5 Å². The highest BCUT2D eigenvalue weighted by Crippen LogP contribution is 2.59. The lowest BCUT2D eigenvalue weighted by Gasteiger charge is -2.63. The number of anilines is 4. The van der Waals surface area contributed by atoms with Crippen LogP contribution in [-0.2, 0) is 35.3 Å². The summed E-state index contributed by atoms with van der Waals surface area (Å²) in [5, 5.41) is 45.8. The lowest BCUT2D eigenvalue weighted by molar-refractivity contribution is -0.535. The summed E-state index contributed by atoms with van der Waals surface area (Å²) in [6, 6.07) is 21.1. The summed E-state index contributed by atoms with van der Waals surface area (Å²) in [6.07, 6.45) is 2.62. The quantitative estimate of drug-likeness (QED) is 0.212. The molecule has 2 amide bonds. The number of nitrogens with one attached hydrogen (secondary N) is 2. The number of benzene rings is 6. The second kappa shape index (κ2) is 11.7. The molecule has 0 unspecified atom stereocenters. The molecule has 4 aliphatic heterocycles. The van der Waals surface area contributed by atoms with Gasteiger partial charge in [-0.2, -0.15) is 0 Å². The fraction of sp³-hybridized carbons (Fsp3) is 0.348. The third kappa shape index (κ3) is 4.32. The number of amides is 2. The van der Waals surface area contributed by atoms with Crippen LogP contribution in [0.5, 0.6) is 0 Å². The molecule has 1 saturated carbocycles. The van der Waals surface area contributed by atoms with Gasteiger partial charge in [0.15, 0.2) is 0 Å². The summed E-state index contributed by atoms with van der Waals surface area (Å²) in [5.74, 6) is -2.18. The van der Waals surface area contributed by atoms with Crippen LogP contribution in [-0.4, -0.2) is 50.2 Å². The number of fused-ring (bicyclic) bond motifs is 4. The van der Waals surface area contributed by atoms with Crippen LogP contribution in [0.15, 0.2) is 60.7 Å². The van der Waals surface area contributed by atoms with Gasteiger partial charge in [0.1, 0.15) is 0 Å². The third-order valence-electron chi connectivity index (χ3n) is 13.4. The van der Waals surface area contributed by atoms with Gasteiger partial charge in [0.2, 0.25) is 11.8 Å². The minimum Gasteiger partial charge on any atom is -0.851 e. The maximum absolute atomic E-state index is 15.4. The minimum absolute atomic E-state index is 0.208. The number of nitrogens with zero attached hydrogens (tertiary/aromatic N) is 2. The highest BCUT2D eigenvalue weighted by molar-refractivity contribution is 6.16. The Balaban J connectivity index is 1.18. The first kappa shape index (κ1) is 32.3. The molecule has 54 heavy (non-hydrogen) atoms. The fourth-order valence-electron chi connectivity index (χ4n) is 11.4. The second-order valence-electron chi connectivity index (χ2n) is 16.3. The maximum Gasteiger partial charge on any atom is 0.221 e. The van der Waals surface area contributed by atoms with E-state index in [1.807, 2.05) is 12.1 Å². The van der Waals surface area contributed by atoms with Crippen molar-refractivity contribution in [3.05, 3.63) is 94.0 Å². The summed E-state index contributed by atoms with van der Waals surface area (Å²) in [7, 11) is 0. The van der Waals surface area contributed by atoms with Gasteiger partial charge in [-0.15, -0.1) is 12.2 Å². The summed E-state index contributed by atoms with van der Waals surface area (Å²) in [5.41, 5.74) is 9.68. The first-order chi connectivity index (χ1) is 26.3. The smallest absolute Gasteiger partial charge is 0.221 e. The molecule has 6 aromatic carbocycles. The van der Waals surface area contributed by atoms with Gasteiger partial charge in [-0.05, 0) is 117 Å². The number of carbonyl (C=O) groups excluding carboxylic acids is 2. The predicted octanol–water partition coefficient (Wildman–Crippen LogP) is 6.17. The van der Waals surface area contributed by atoms with E-state index < -0.39 is 24.0 Å². The van der Waals surface area contributed by atoms with Crippen molar-refractivity contribution >= 4 is 77.7 Å². The molecule has 0 radical (unpaired) electrons. The minimum atomic E-state index is -1.29. The first-order valence-electron chi connectivity index (χ1n) is 19.7. The molecule has 11 rings (SSSR count). The number of rotatable bonds is 4. The second-order valence-corrected chi connectivity index (χ2v) is 16.3. The Kier molecular flexibility index (Phi) is 6.97. The van der Waals surface area contributed by atoms with E-state index in [-0.39, 0.29) is 11.8 Å². The van der Waals surface area contributed by atoms with Crippen LogP contribution in [0, 0.1) is 0 Å². The topological polar surface area (TPSA) is 111 Å². The van der Waals surface area contributed by atoms with Crippen LogP contribution in [0.3, 0.4) is 0 Å². The zero-order chi connectivity index (χ0) is 36.6. The predicted molar refractivity (Wildman–Crippen MR) is 213 cm³/mol. The van der Waals surface area contributed by atoms with Crippen molar-refractivity contribution < 1.29 is 19.8 Å². The molecule has 4 heterocycles. The maximum atomic E-state index is 15.4. The number of hydrogen-bond donors (Lipinski definition) is 2. The Labute approximate surface area is 313 Å². The van der Waals surface area contributed by atoms with Gasteiger partial charge < -0.3 is 30.6 Å². The lowest BCUT2D eigenvalue weighted by Crippen LogP contribution is -2.64. The summed E-state index contributed by atoms with van der Waals surface area (Å²) in [6.45, 7) is 6.71. The lowest BCUT2D eigenvalue weighted by atomic mass is 9.60. The molecule has 6 aromatic rings. The van der Waals surface area contributed by atoms with E-state index in [1.165, 1.54) is 35.7 Å². The molecule has 0 spiro atoms. The van der Waals surface area contributed by atoms with Crippen LogP contribution >= 0.6 is 0 Å². The summed E-state index contributed by atoms with van der Waals surface area (Å²) in [4.78, 5) is 30.9. The zero-order valence-electron chi connectivity index (χ0n) is 30.7. The average molecular weight is 715 g/mol. The fourth-order valence-corrected chi connectivity index (χ4v) is 11.4. The van der Waals surface area contributed by atoms with Crippen molar-refractivity contribution in [2.75, 3.05) is 46.6 Å². The molecular formula is C46H42N4O4-2. The van der Waals surface area contributed by atoms with Crippen LogP contribution in [0.1, 0.15) is 71.9 Å². The van der Waals surface area contributed by atoms with Crippen molar-refractivity contribution in [1.82, 2.24) is 0 Å². The zero-order valence-corrected chi connectivity index (χ0v) is 30.7. The van der Waals surface area contributed by atoms with E-state index in [0.29, 0.717) is 22.5 Å². The Bertz CT molecular complexity index is 2480. The molecule has 1 fully saturated rings. The average Bonchev–Trinajstić information content (AvgIpc) is 3.18. The third-order valence-corrected chi connectivity index (χ3v) is 13.4. The van der Waals surface area contributed by atoms with Gasteiger partial charge in [-0.25, -0.2) is 0 Å². The molecule has 1 aliphatic carbocycles. The molecule has 0 atom stereocenters. The highest BCUT2D eigenvalue weighted by atomic mass is 16.3. The molecule has 5 aliphatic rings.